The quantitative estimate of drug-likeness (QED) is 0.375. The molecule has 2 aromatic carbocycles. The lowest BCUT2D eigenvalue weighted by molar-refractivity contribution is 0.122. The Morgan fingerprint density at radius 2 is 1.94 bits per heavy atom. The van der Waals surface area contributed by atoms with Crippen molar-refractivity contribution in [2.75, 3.05) is 26.7 Å². The summed E-state index contributed by atoms with van der Waals surface area (Å²) in [7, 11) is 2.27. The number of fused-ring (bicyclic) bond motifs is 1. The van der Waals surface area contributed by atoms with Crippen LogP contribution in [-0.4, -0.2) is 62.3 Å². The number of rotatable bonds is 10. The van der Waals surface area contributed by atoms with Gasteiger partial charge in [0, 0.05) is 36.2 Å². The molecule has 3 heterocycles. The molecule has 1 aliphatic rings. The lowest BCUT2D eigenvalue weighted by atomic mass is 9.98. The smallest absolute Gasteiger partial charge is 0.137 e. The number of H-pyrrole nitrogens is 1. The van der Waals surface area contributed by atoms with Crippen molar-refractivity contribution >= 4 is 10.9 Å². The number of aromatic amines is 1. The number of hydrogen-bond donors (Lipinski definition) is 1. The molecule has 178 valence electrons. The fraction of sp³-hybridized carbons (Fsp3) is 0.429. The van der Waals surface area contributed by atoms with E-state index in [0.29, 0.717) is 6.04 Å². The molecule has 5 rings (SSSR count). The Labute approximate surface area is 202 Å². The molecular formula is C28H36N6. The van der Waals surface area contributed by atoms with Crippen molar-refractivity contribution < 1.29 is 0 Å². The average Bonchev–Trinajstić information content (AvgIpc) is 3.52. The van der Waals surface area contributed by atoms with Crippen LogP contribution in [0.2, 0.25) is 0 Å². The molecule has 4 aromatic rings. The van der Waals surface area contributed by atoms with E-state index in [4.69, 9.17) is 0 Å². The zero-order chi connectivity index (χ0) is 23.2. The first-order chi connectivity index (χ1) is 16.7. The van der Waals surface area contributed by atoms with E-state index in [0.717, 1.165) is 32.6 Å². The predicted octanol–water partition coefficient (Wildman–Crippen LogP) is 4.73. The highest BCUT2D eigenvalue weighted by Crippen LogP contribution is 2.23. The number of nitrogens with one attached hydrogen (secondary N) is 1. The Balaban J connectivity index is 1.14. The topological polar surface area (TPSA) is 53.0 Å². The van der Waals surface area contributed by atoms with E-state index in [9.17, 15) is 0 Å². The summed E-state index contributed by atoms with van der Waals surface area (Å²) in [5.41, 5.74) is 5.29. The third-order valence-corrected chi connectivity index (χ3v) is 7.23. The van der Waals surface area contributed by atoms with Gasteiger partial charge < -0.3 is 9.88 Å². The second-order valence-electron chi connectivity index (χ2n) is 9.73. The summed E-state index contributed by atoms with van der Waals surface area (Å²) < 4.78 is 1.87. The second kappa shape index (κ2) is 11.0. The number of aromatic nitrogens is 4. The third-order valence-electron chi connectivity index (χ3n) is 7.23. The molecule has 6 nitrogen and oxygen atoms in total. The van der Waals surface area contributed by atoms with Gasteiger partial charge in [0.1, 0.15) is 12.7 Å². The Morgan fingerprint density at radius 1 is 1.03 bits per heavy atom. The molecule has 0 saturated carbocycles. The highest BCUT2D eigenvalue weighted by atomic mass is 15.3. The first kappa shape index (κ1) is 22.8. The molecule has 1 atom stereocenters. The van der Waals surface area contributed by atoms with Crippen LogP contribution in [0.5, 0.6) is 0 Å². The molecule has 1 fully saturated rings. The van der Waals surface area contributed by atoms with Crippen LogP contribution in [0.25, 0.3) is 10.9 Å². The monoisotopic (exact) mass is 456 g/mol. The average molecular weight is 457 g/mol. The van der Waals surface area contributed by atoms with Gasteiger partial charge >= 0.3 is 0 Å². The van der Waals surface area contributed by atoms with Gasteiger partial charge in [0.25, 0.3) is 0 Å². The summed E-state index contributed by atoms with van der Waals surface area (Å²) in [6.07, 6.45) is 11.9. The SMILES string of the molecule is CN(CCc1c[nH]c2ccc(Cn3cncn3)cc12)CCC1CCCCN1Cc1ccccc1. The molecule has 0 spiro atoms. The van der Waals surface area contributed by atoms with E-state index in [1.807, 2.05) is 4.68 Å². The van der Waals surface area contributed by atoms with Gasteiger partial charge in [-0.05, 0) is 74.6 Å². The molecule has 0 bridgehead atoms. The molecule has 0 radical (unpaired) electrons. The third kappa shape index (κ3) is 5.75. The Morgan fingerprint density at radius 3 is 2.79 bits per heavy atom. The van der Waals surface area contributed by atoms with Crippen molar-refractivity contribution in [2.24, 2.45) is 0 Å². The molecule has 1 unspecified atom stereocenters. The van der Waals surface area contributed by atoms with Gasteiger partial charge in [-0.3, -0.25) is 4.90 Å². The second-order valence-corrected chi connectivity index (χ2v) is 9.73. The minimum atomic E-state index is 0.698. The van der Waals surface area contributed by atoms with Gasteiger partial charge in [-0.15, -0.1) is 0 Å². The van der Waals surface area contributed by atoms with Crippen LogP contribution in [0.15, 0.2) is 67.4 Å². The van der Waals surface area contributed by atoms with Gasteiger partial charge in [0.2, 0.25) is 0 Å². The van der Waals surface area contributed by atoms with Gasteiger partial charge in [-0.2, -0.15) is 5.10 Å². The number of hydrogen-bond acceptors (Lipinski definition) is 4. The van der Waals surface area contributed by atoms with E-state index >= 15 is 0 Å². The Bertz CT molecular complexity index is 1150. The Kier molecular flexibility index (Phi) is 7.37. The summed E-state index contributed by atoms with van der Waals surface area (Å²) in [5.74, 6) is 0. The highest BCUT2D eigenvalue weighted by Gasteiger charge is 2.22. The molecule has 1 aliphatic heterocycles. The van der Waals surface area contributed by atoms with Crippen LogP contribution >= 0.6 is 0 Å². The number of likely N-dealkylation sites (N-methyl/N-ethyl adjacent to an activating group) is 1. The van der Waals surface area contributed by atoms with Crippen LogP contribution < -0.4 is 0 Å². The highest BCUT2D eigenvalue weighted by molar-refractivity contribution is 5.83. The largest absolute Gasteiger partial charge is 0.361 e. The number of likely N-dealkylation sites (tertiary alicyclic amines) is 1. The van der Waals surface area contributed by atoms with Crippen LogP contribution in [0.1, 0.15) is 42.4 Å². The molecule has 0 amide bonds. The molecular weight excluding hydrogens is 420 g/mol. The van der Waals surface area contributed by atoms with Crippen molar-refractivity contribution in [3.05, 3.63) is 84.1 Å². The minimum Gasteiger partial charge on any atom is -0.361 e. The number of nitrogens with zero attached hydrogens (tertiary/aromatic N) is 5. The van der Waals surface area contributed by atoms with Crippen LogP contribution in [0.3, 0.4) is 0 Å². The molecule has 2 aromatic heterocycles. The van der Waals surface area contributed by atoms with Crippen LogP contribution in [0, 0.1) is 0 Å². The van der Waals surface area contributed by atoms with E-state index in [1.165, 1.54) is 59.8 Å². The normalized spacial score (nSPS) is 17.1. The zero-order valence-electron chi connectivity index (χ0n) is 20.2. The maximum absolute atomic E-state index is 4.24. The summed E-state index contributed by atoms with van der Waals surface area (Å²) >= 11 is 0. The lowest BCUT2D eigenvalue weighted by Gasteiger charge is -2.36. The van der Waals surface area contributed by atoms with E-state index in [-0.39, 0.29) is 0 Å². The molecule has 34 heavy (non-hydrogen) atoms. The maximum atomic E-state index is 4.24. The van der Waals surface area contributed by atoms with Gasteiger partial charge in [0.05, 0.1) is 6.54 Å². The van der Waals surface area contributed by atoms with Crippen molar-refractivity contribution in [1.29, 1.82) is 0 Å². The fourth-order valence-electron chi connectivity index (χ4n) is 5.24. The van der Waals surface area contributed by atoms with Crippen LogP contribution in [-0.2, 0) is 19.5 Å². The minimum absolute atomic E-state index is 0.698. The zero-order valence-corrected chi connectivity index (χ0v) is 20.2. The molecule has 1 N–H and O–H groups in total. The van der Waals surface area contributed by atoms with Crippen molar-refractivity contribution in [3.8, 4) is 0 Å². The van der Waals surface area contributed by atoms with E-state index in [1.54, 1.807) is 12.7 Å². The molecule has 0 aliphatic carbocycles. The van der Waals surface area contributed by atoms with Crippen molar-refractivity contribution in [3.63, 3.8) is 0 Å². The van der Waals surface area contributed by atoms with Crippen LogP contribution in [0.4, 0.5) is 0 Å². The summed E-state index contributed by atoms with van der Waals surface area (Å²) in [6.45, 7) is 5.29. The number of benzene rings is 2. The standard InChI is InChI=1S/C28H36N6/c1-32(16-13-26-9-5-6-14-33(26)19-23-7-3-2-4-8-23)15-12-25-18-30-28-11-10-24(17-27(25)28)20-34-22-29-21-31-34/h2-4,7-8,10-11,17-18,21-22,26,30H,5-6,9,12-16,19-20H2,1H3. The predicted molar refractivity (Wildman–Crippen MR) is 138 cm³/mol. The summed E-state index contributed by atoms with van der Waals surface area (Å²) in [6, 6.07) is 18.3. The molecule has 1 saturated heterocycles. The lowest BCUT2D eigenvalue weighted by Crippen LogP contribution is -2.41. The van der Waals surface area contributed by atoms with Crippen molar-refractivity contribution in [2.45, 2.75) is 51.2 Å². The molecule has 6 heteroatoms. The van der Waals surface area contributed by atoms with Gasteiger partial charge in [-0.25, -0.2) is 9.67 Å². The van der Waals surface area contributed by atoms with E-state index in [2.05, 4.69) is 86.6 Å². The Hall–Kier alpha value is -2.96. The summed E-state index contributed by atoms with van der Waals surface area (Å²) in [4.78, 5) is 12.7. The van der Waals surface area contributed by atoms with Gasteiger partial charge in [-0.1, -0.05) is 42.8 Å². The van der Waals surface area contributed by atoms with Crippen molar-refractivity contribution in [1.82, 2.24) is 29.5 Å². The first-order valence-electron chi connectivity index (χ1n) is 12.6. The number of piperidine rings is 1. The summed E-state index contributed by atoms with van der Waals surface area (Å²) in [5, 5.41) is 5.56. The van der Waals surface area contributed by atoms with Gasteiger partial charge in [0.15, 0.2) is 0 Å². The van der Waals surface area contributed by atoms with E-state index < -0.39 is 0 Å². The fourth-order valence-corrected chi connectivity index (χ4v) is 5.24. The first-order valence-corrected chi connectivity index (χ1v) is 12.6. The maximum Gasteiger partial charge on any atom is 0.137 e.